The van der Waals surface area contributed by atoms with Crippen LogP contribution in [0.5, 0.6) is 17.2 Å². The van der Waals surface area contributed by atoms with Crippen molar-refractivity contribution in [1.82, 2.24) is 4.90 Å². The van der Waals surface area contributed by atoms with E-state index in [4.69, 9.17) is 14.2 Å². The number of piperidine rings is 1. The summed E-state index contributed by atoms with van der Waals surface area (Å²) in [6.07, 6.45) is 5.74. The van der Waals surface area contributed by atoms with E-state index < -0.39 is 6.10 Å². The fourth-order valence-electron chi connectivity index (χ4n) is 4.53. The average molecular weight is 408 g/mol. The van der Waals surface area contributed by atoms with Gasteiger partial charge in [-0.2, -0.15) is 0 Å². The van der Waals surface area contributed by atoms with Crippen molar-refractivity contribution in [3.8, 4) is 17.2 Å². The maximum absolute atomic E-state index is 10.8. The molecule has 158 valence electrons. The zero-order valence-corrected chi connectivity index (χ0v) is 17.7. The highest BCUT2D eigenvalue weighted by Gasteiger charge is 2.37. The largest absolute Gasteiger partial charge is 0.486 e. The fourth-order valence-corrected chi connectivity index (χ4v) is 4.53. The Labute approximate surface area is 177 Å². The lowest BCUT2D eigenvalue weighted by Crippen LogP contribution is -2.48. The van der Waals surface area contributed by atoms with Crippen LogP contribution >= 0.6 is 0 Å². The summed E-state index contributed by atoms with van der Waals surface area (Å²) < 4.78 is 17.7. The average Bonchev–Trinajstić information content (AvgIpc) is 2.76. The van der Waals surface area contributed by atoms with Gasteiger partial charge in [0.1, 0.15) is 24.6 Å². The molecule has 5 rings (SSSR count). The number of aliphatic hydroxyl groups excluding tert-OH is 1. The van der Waals surface area contributed by atoms with Crippen LogP contribution < -0.4 is 14.2 Å². The van der Waals surface area contributed by atoms with E-state index in [1.165, 1.54) is 16.7 Å². The van der Waals surface area contributed by atoms with Crippen LogP contribution in [0.15, 0.2) is 36.4 Å². The van der Waals surface area contributed by atoms with Crippen molar-refractivity contribution in [2.45, 2.75) is 38.4 Å². The van der Waals surface area contributed by atoms with Gasteiger partial charge < -0.3 is 24.2 Å². The number of likely N-dealkylation sites (tertiary alicyclic amines) is 1. The van der Waals surface area contributed by atoms with Gasteiger partial charge in [-0.05, 0) is 60.9 Å². The smallest absolute Gasteiger partial charge is 0.161 e. The Morgan fingerprint density at radius 2 is 1.70 bits per heavy atom. The highest BCUT2D eigenvalue weighted by atomic mass is 16.6. The van der Waals surface area contributed by atoms with Crippen LogP contribution in [0, 0.1) is 13.8 Å². The molecule has 5 heteroatoms. The molecular formula is C25H29NO4. The molecular weight excluding hydrogens is 378 g/mol. The van der Waals surface area contributed by atoms with E-state index >= 15 is 0 Å². The quantitative estimate of drug-likeness (QED) is 0.832. The molecule has 0 aromatic heterocycles. The number of hydrogen-bond acceptors (Lipinski definition) is 5. The van der Waals surface area contributed by atoms with Crippen molar-refractivity contribution in [2.75, 3.05) is 32.8 Å². The number of aliphatic hydroxyl groups is 1. The molecule has 2 aromatic carbocycles. The lowest BCUT2D eigenvalue weighted by Gasteiger charge is -2.42. The summed E-state index contributed by atoms with van der Waals surface area (Å²) in [7, 11) is 0. The summed E-state index contributed by atoms with van der Waals surface area (Å²) in [4.78, 5) is 2.32. The predicted octanol–water partition coefficient (Wildman–Crippen LogP) is 4.05. The van der Waals surface area contributed by atoms with E-state index in [9.17, 15) is 5.11 Å². The van der Waals surface area contributed by atoms with Crippen LogP contribution in [0.1, 0.15) is 41.2 Å². The zero-order chi connectivity index (χ0) is 20.7. The Balaban J connectivity index is 1.22. The molecule has 3 heterocycles. The highest BCUT2D eigenvalue weighted by molar-refractivity contribution is 5.63. The van der Waals surface area contributed by atoms with Crippen molar-refractivity contribution in [3.63, 3.8) is 0 Å². The van der Waals surface area contributed by atoms with Gasteiger partial charge in [0, 0.05) is 38.0 Å². The van der Waals surface area contributed by atoms with E-state index in [1.54, 1.807) is 0 Å². The molecule has 3 aliphatic rings. The van der Waals surface area contributed by atoms with Crippen LogP contribution in [0.4, 0.5) is 0 Å². The number of fused-ring (bicyclic) bond motifs is 2. The normalized spacial score (nSPS) is 20.5. The molecule has 0 saturated carbocycles. The van der Waals surface area contributed by atoms with E-state index in [2.05, 4.69) is 43.0 Å². The lowest BCUT2D eigenvalue weighted by molar-refractivity contribution is 0.0200. The molecule has 1 N–H and O–H groups in total. The first-order valence-electron chi connectivity index (χ1n) is 10.8. The topological polar surface area (TPSA) is 51.2 Å². The van der Waals surface area contributed by atoms with Crippen molar-refractivity contribution in [3.05, 3.63) is 58.7 Å². The third-order valence-electron chi connectivity index (χ3n) is 6.59. The third kappa shape index (κ3) is 3.68. The van der Waals surface area contributed by atoms with Crippen LogP contribution in [-0.4, -0.2) is 48.5 Å². The van der Waals surface area contributed by atoms with Gasteiger partial charge in [-0.1, -0.05) is 12.1 Å². The minimum absolute atomic E-state index is 0.229. The Kier molecular flexibility index (Phi) is 4.95. The monoisotopic (exact) mass is 407 g/mol. The number of β-amino-alcohol motifs (C(OH)–C–C–N with tert-alkyl or cyclic N) is 1. The third-order valence-corrected chi connectivity index (χ3v) is 6.59. The molecule has 5 nitrogen and oxygen atoms in total. The molecule has 0 bridgehead atoms. The Morgan fingerprint density at radius 3 is 2.50 bits per heavy atom. The summed E-state index contributed by atoms with van der Waals surface area (Å²) in [6.45, 7) is 7.79. The van der Waals surface area contributed by atoms with Crippen LogP contribution in [0.25, 0.3) is 6.08 Å². The highest BCUT2D eigenvalue weighted by Crippen LogP contribution is 2.39. The molecule has 2 aromatic rings. The van der Waals surface area contributed by atoms with Gasteiger partial charge in [0.2, 0.25) is 0 Å². The van der Waals surface area contributed by atoms with Crippen molar-refractivity contribution in [1.29, 1.82) is 0 Å². The second-order valence-corrected chi connectivity index (χ2v) is 8.69. The molecule has 1 saturated heterocycles. The Bertz CT molecular complexity index is 975. The number of benzene rings is 2. The molecule has 0 amide bonds. The summed E-state index contributed by atoms with van der Waals surface area (Å²) in [5, 5.41) is 10.8. The van der Waals surface area contributed by atoms with Gasteiger partial charge in [-0.15, -0.1) is 0 Å². The number of rotatable bonds is 3. The number of hydrogen-bond donors (Lipinski definition) is 1. The second kappa shape index (κ2) is 7.64. The van der Waals surface area contributed by atoms with Gasteiger partial charge in [-0.25, -0.2) is 0 Å². The first kappa shape index (κ1) is 19.5. The van der Waals surface area contributed by atoms with Gasteiger partial charge in [-0.3, -0.25) is 0 Å². The van der Waals surface area contributed by atoms with E-state index in [0.717, 1.165) is 48.7 Å². The first-order chi connectivity index (χ1) is 14.5. The van der Waals surface area contributed by atoms with E-state index in [1.807, 2.05) is 18.2 Å². The fraction of sp³-hybridized carbons (Fsp3) is 0.440. The maximum atomic E-state index is 10.8. The van der Waals surface area contributed by atoms with Gasteiger partial charge in [0.05, 0.1) is 6.10 Å². The minimum Gasteiger partial charge on any atom is -0.486 e. The molecule has 0 aliphatic carbocycles. The summed E-state index contributed by atoms with van der Waals surface area (Å²) in [6, 6.07) is 10.1. The van der Waals surface area contributed by atoms with Crippen molar-refractivity contribution < 1.29 is 19.3 Å². The van der Waals surface area contributed by atoms with Crippen molar-refractivity contribution in [2.24, 2.45) is 0 Å². The minimum atomic E-state index is -0.552. The predicted molar refractivity (Wildman–Crippen MR) is 116 cm³/mol. The van der Waals surface area contributed by atoms with Crippen LogP contribution in [0.2, 0.25) is 0 Å². The molecule has 3 aliphatic heterocycles. The molecule has 1 spiro atoms. The van der Waals surface area contributed by atoms with Gasteiger partial charge in [0.25, 0.3) is 0 Å². The molecule has 0 unspecified atom stereocenters. The Hall–Kier alpha value is -2.50. The van der Waals surface area contributed by atoms with Gasteiger partial charge in [0.15, 0.2) is 11.5 Å². The van der Waals surface area contributed by atoms with Gasteiger partial charge >= 0.3 is 0 Å². The van der Waals surface area contributed by atoms with E-state index in [-0.39, 0.29) is 5.60 Å². The summed E-state index contributed by atoms with van der Waals surface area (Å²) in [5.41, 5.74) is 4.36. The van der Waals surface area contributed by atoms with Crippen molar-refractivity contribution >= 4 is 6.08 Å². The first-order valence-corrected chi connectivity index (χ1v) is 10.8. The van der Waals surface area contributed by atoms with E-state index in [0.29, 0.717) is 19.8 Å². The number of ether oxygens (including phenoxy) is 3. The standard InChI is InChI=1S/C25H29NO4/c1-17-13-20-5-6-25(30-23(20)14-18(17)2)7-9-26(10-8-25)16-21(27)19-3-4-22-24(15-19)29-12-11-28-22/h3-6,13-15,21,27H,7-12,16H2,1-2H3/t21-/m0/s1. The molecule has 1 atom stereocenters. The molecule has 1 fully saturated rings. The lowest BCUT2D eigenvalue weighted by atomic mass is 9.87. The molecule has 0 radical (unpaired) electrons. The summed E-state index contributed by atoms with van der Waals surface area (Å²) >= 11 is 0. The number of aryl methyl sites for hydroxylation is 2. The number of nitrogens with zero attached hydrogens (tertiary/aromatic N) is 1. The second-order valence-electron chi connectivity index (χ2n) is 8.69. The molecule has 30 heavy (non-hydrogen) atoms. The van der Waals surface area contributed by atoms with Crippen LogP contribution in [-0.2, 0) is 0 Å². The SMILES string of the molecule is Cc1cc2c(cc1C)OC1(C=C2)CCN(C[C@H](O)c2ccc3c(c2)OCCO3)CC1. The zero-order valence-electron chi connectivity index (χ0n) is 17.7. The summed E-state index contributed by atoms with van der Waals surface area (Å²) in [5.74, 6) is 2.47. The Morgan fingerprint density at radius 1 is 0.967 bits per heavy atom. The maximum Gasteiger partial charge on any atom is 0.161 e. The van der Waals surface area contributed by atoms with Crippen LogP contribution in [0.3, 0.4) is 0 Å².